The molecular weight excluding hydrogens is 446 g/mol. The molecule has 0 saturated heterocycles. The molecule has 8 nitrogen and oxygen atoms in total. The summed E-state index contributed by atoms with van der Waals surface area (Å²) in [6.07, 6.45) is 1.00. The molecule has 2 unspecified atom stereocenters. The second-order valence-corrected chi connectivity index (χ2v) is 9.60. The first-order valence-corrected chi connectivity index (χ1v) is 12.0. The van der Waals surface area contributed by atoms with E-state index in [-0.39, 0.29) is 18.4 Å². The predicted molar refractivity (Wildman–Crippen MR) is 131 cm³/mol. The van der Waals surface area contributed by atoms with Crippen LogP contribution in [-0.4, -0.2) is 21.2 Å². The molecule has 0 aliphatic carbocycles. The highest BCUT2D eigenvalue weighted by Gasteiger charge is 2.24. The highest BCUT2D eigenvalue weighted by molar-refractivity contribution is 5.83. The van der Waals surface area contributed by atoms with Gasteiger partial charge in [0.25, 0.3) is 0 Å². The Hall–Kier alpha value is -3.39. The average Bonchev–Trinajstić information content (AvgIpc) is 3.46. The highest BCUT2D eigenvalue weighted by Crippen LogP contribution is 2.32. The number of nitrogens with zero attached hydrogens (tertiary/aromatic N) is 2. The number of aromatic nitrogens is 2. The molecule has 2 atom stereocenters. The summed E-state index contributed by atoms with van der Waals surface area (Å²) in [6, 6.07) is 7.20. The third kappa shape index (κ3) is 5.48. The predicted octanol–water partition coefficient (Wildman–Crippen LogP) is 5.56. The molecule has 0 aliphatic heterocycles. The Morgan fingerprint density at radius 3 is 2.46 bits per heavy atom. The molecule has 0 fully saturated rings. The van der Waals surface area contributed by atoms with Gasteiger partial charge in [0.2, 0.25) is 5.91 Å². The Morgan fingerprint density at radius 1 is 1.06 bits per heavy atom. The lowest BCUT2D eigenvalue weighted by atomic mass is 10.00. The number of hydrogen-bond donors (Lipinski definition) is 2. The lowest BCUT2D eigenvalue weighted by Crippen LogP contribution is -2.30. The van der Waals surface area contributed by atoms with Crippen LogP contribution in [0.15, 0.2) is 37.6 Å². The summed E-state index contributed by atoms with van der Waals surface area (Å²) in [4.78, 5) is 17.5. The minimum atomic E-state index is -0.976. The molecule has 3 heterocycles. The van der Waals surface area contributed by atoms with Gasteiger partial charge in [-0.3, -0.25) is 4.79 Å². The van der Waals surface area contributed by atoms with Gasteiger partial charge in [0.1, 0.15) is 34.7 Å². The zero-order chi connectivity index (χ0) is 25.3. The number of benzene rings is 1. The SMILES string of the molecule is Cc1nc(C(CCC(C)C)NC(=O)Cc2ccc3oc(C(O)c4c(C)noc4C)cc3c2)c(C)o1. The largest absolute Gasteiger partial charge is 0.458 e. The van der Waals surface area contributed by atoms with Crippen molar-refractivity contribution in [2.75, 3.05) is 0 Å². The van der Waals surface area contributed by atoms with Crippen LogP contribution in [0, 0.1) is 33.6 Å². The zero-order valence-corrected chi connectivity index (χ0v) is 21.1. The molecule has 2 N–H and O–H groups in total. The molecule has 1 amide bonds. The Labute approximate surface area is 204 Å². The summed E-state index contributed by atoms with van der Waals surface area (Å²) in [5, 5.41) is 18.7. The van der Waals surface area contributed by atoms with Crippen LogP contribution in [0.1, 0.15) is 84.5 Å². The van der Waals surface area contributed by atoms with Crippen molar-refractivity contribution >= 4 is 16.9 Å². The number of amides is 1. The fourth-order valence-electron chi connectivity index (χ4n) is 4.46. The van der Waals surface area contributed by atoms with Crippen LogP contribution in [0.2, 0.25) is 0 Å². The van der Waals surface area contributed by atoms with Gasteiger partial charge in [-0.2, -0.15) is 0 Å². The minimum absolute atomic E-state index is 0.0855. The van der Waals surface area contributed by atoms with Crippen molar-refractivity contribution in [3.63, 3.8) is 0 Å². The number of aliphatic hydroxyl groups excluding tert-OH is 1. The lowest BCUT2D eigenvalue weighted by molar-refractivity contribution is -0.121. The Balaban J connectivity index is 1.50. The van der Waals surface area contributed by atoms with E-state index < -0.39 is 6.10 Å². The van der Waals surface area contributed by atoms with Gasteiger partial charge >= 0.3 is 0 Å². The molecule has 3 aromatic heterocycles. The molecule has 4 aromatic rings. The average molecular weight is 480 g/mol. The zero-order valence-electron chi connectivity index (χ0n) is 21.1. The number of carbonyl (C=O) groups is 1. The van der Waals surface area contributed by atoms with Crippen molar-refractivity contribution in [2.45, 2.75) is 73.0 Å². The van der Waals surface area contributed by atoms with E-state index in [1.807, 2.05) is 32.0 Å². The highest BCUT2D eigenvalue weighted by atomic mass is 16.5. The minimum Gasteiger partial charge on any atom is -0.458 e. The number of aliphatic hydroxyl groups is 1. The summed E-state index contributed by atoms with van der Waals surface area (Å²) in [6.45, 7) is 11.6. The van der Waals surface area contributed by atoms with Gasteiger partial charge in [-0.25, -0.2) is 4.98 Å². The monoisotopic (exact) mass is 479 g/mol. The van der Waals surface area contributed by atoms with Gasteiger partial charge in [-0.15, -0.1) is 0 Å². The number of hydrogen-bond acceptors (Lipinski definition) is 7. The standard InChI is InChI=1S/C27H33N3O5/c1-14(2)7-9-21(26-17(5)33-18(6)28-26)29-24(31)12-19-8-10-22-20(11-19)13-23(34-22)27(32)25-15(3)30-35-16(25)4/h8,10-11,13-14,21,27,32H,7,9,12H2,1-6H3,(H,29,31). The van der Waals surface area contributed by atoms with Crippen molar-refractivity contribution in [1.29, 1.82) is 0 Å². The van der Waals surface area contributed by atoms with Crippen LogP contribution in [0.3, 0.4) is 0 Å². The van der Waals surface area contributed by atoms with E-state index in [2.05, 4.69) is 29.3 Å². The number of carbonyl (C=O) groups excluding carboxylic acids is 1. The fourth-order valence-corrected chi connectivity index (χ4v) is 4.46. The molecule has 0 saturated carbocycles. The molecule has 0 spiro atoms. The van der Waals surface area contributed by atoms with Crippen LogP contribution in [0.4, 0.5) is 0 Å². The molecular formula is C27H33N3O5. The number of aryl methyl sites for hydroxylation is 4. The Morgan fingerprint density at radius 2 is 1.83 bits per heavy atom. The number of oxazole rings is 1. The van der Waals surface area contributed by atoms with Crippen LogP contribution in [0.25, 0.3) is 11.0 Å². The third-order valence-electron chi connectivity index (χ3n) is 6.23. The van der Waals surface area contributed by atoms with E-state index >= 15 is 0 Å². The normalized spacial score (nSPS) is 13.5. The summed E-state index contributed by atoms with van der Waals surface area (Å²) < 4.78 is 16.7. The summed E-state index contributed by atoms with van der Waals surface area (Å²) >= 11 is 0. The van der Waals surface area contributed by atoms with Gasteiger partial charge in [-0.05, 0) is 63.3 Å². The summed E-state index contributed by atoms with van der Waals surface area (Å²) in [5.74, 6) is 2.72. The third-order valence-corrected chi connectivity index (χ3v) is 6.23. The summed E-state index contributed by atoms with van der Waals surface area (Å²) in [5.41, 5.74) is 3.51. The van der Waals surface area contributed by atoms with Crippen LogP contribution in [-0.2, 0) is 11.2 Å². The van der Waals surface area contributed by atoms with E-state index in [0.717, 1.165) is 35.2 Å². The first-order valence-electron chi connectivity index (χ1n) is 12.0. The van der Waals surface area contributed by atoms with Crippen LogP contribution < -0.4 is 5.32 Å². The second-order valence-electron chi connectivity index (χ2n) is 9.60. The van der Waals surface area contributed by atoms with E-state index in [1.54, 1.807) is 19.9 Å². The summed E-state index contributed by atoms with van der Waals surface area (Å²) in [7, 11) is 0. The number of furan rings is 1. The molecule has 0 radical (unpaired) electrons. The maximum atomic E-state index is 13.0. The van der Waals surface area contributed by atoms with Crippen molar-refractivity contribution in [1.82, 2.24) is 15.5 Å². The smallest absolute Gasteiger partial charge is 0.224 e. The van der Waals surface area contributed by atoms with Crippen molar-refractivity contribution < 1.29 is 23.3 Å². The number of nitrogens with one attached hydrogen (secondary N) is 1. The van der Waals surface area contributed by atoms with E-state index in [0.29, 0.717) is 40.2 Å². The number of rotatable bonds is 9. The molecule has 4 rings (SSSR count). The molecule has 35 heavy (non-hydrogen) atoms. The van der Waals surface area contributed by atoms with Gasteiger partial charge in [0.15, 0.2) is 5.89 Å². The topological polar surface area (TPSA) is 115 Å². The van der Waals surface area contributed by atoms with Gasteiger partial charge in [0.05, 0.1) is 23.7 Å². The van der Waals surface area contributed by atoms with Gasteiger partial charge < -0.3 is 23.8 Å². The fraction of sp³-hybridized carbons (Fsp3) is 0.444. The molecule has 8 heteroatoms. The maximum absolute atomic E-state index is 13.0. The molecule has 0 aliphatic rings. The molecule has 0 bridgehead atoms. The van der Waals surface area contributed by atoms with E-state index in [9.17, 15) is 9.90 Å². The van der Waals surface area contributed by atoms with Gasteiger partial charge in [-0.1, -0.05) is 25.1 Å². The van der Waals surface area contributed by atoms with E-state index in [1.165, 1.54) is 0 Å². The van der Waals surface area contributed by atoms with E-state index in [4.69, 9.17) is 13.4 Å². The van der Waals surface area contributed by atoms with Crippen molar-refractivity contribution in [3.05, 3.63) is 70.0 Å². The van der Waals surface area contributed by atoms with Gasteiger partial charge in [0, 0.05) is 12.3 Å². The Bertz CT molecular complexity index is 1310. The maximum Gasteiger partial charge on any atom is 0.224 e. The van der Waals surface area contributed by atoms with Crippen LogP contribution >= 0.6 is 0 Å². The van der Waals surface area contributed by atoms with Crippen LogP contribution in [0.5, 0.6) is 0 Å². The first-order chi connectivity index (χ1) is 16.6. The molecule has 186 valence electrons. The number of fused-ring (bicyclic) bond motifs is 1. The van der Waals surface area contributed by atoms with Crippen molar-refractivity contribution in [2.24, 2.45) is 5.92 Å². The quantitative estimate of drug-likeness (QED) is 0.323. The second kappa shape index (κ2) is 10.1. The Kier molecular flexibility index (Phi) is 7.12. The lowest BCUT2D eigenvalue weighted by Gasteiger charge is -2.18. The first kappa shape index (κ1) is 24.7. The van der Waals surface area contributed by atoms with Crippen molar-refractivity contribution in [3.8, 4) is 0 Å². The molecule has 1 aromatic carbocycles.